The maximum Gasteiger partial charge on any atom is 0.330 e. The molecular weight excluding hydrogens is 594 g/mol. The normalized spacial score (nSPS) is 18.7. The molecule has 3 atom stereocenters. The Bertz CT molecular complexity index is 1230. The molecule has 0 saturated carbocycles. The number of piperidine rings is 1. The molecule has 0 aliphatic carbocycles. The number of rotatable bonds is 17. The highest BCUT2D eigenvalue weighted by Crippen LogP contribution is 2.32. The zero-order valence-corrected chi connectivity index (χ0v) is 27.3. The van der Waals surface area contributed by atoms with Gasteiger partial charge in [-0.1, -0.05) is 18.7 Å². The lowest BCUT2D eigenvalue weighted by Gasteiger charge is -2.41. The van der Waals surface area contributed by atoms with Crippen LogP contribution in [0.5, 0.6) is 0 Å². The Balaban J connectivity index is 1.76. The van der Waals surface area contributed by atoms with Gasteiger partial charge < -0.3 is 29.5 Å². The third kappa shape index (κ3) is 11.3. The Morgan fingerprint density at radius 1 is 1.13 bits per heavy atom. The van der Waals surface area contributed by atoms with Gasteiger partial charge in [-0.2, -0.15) is 0 Å². The molecule has 0 bridgehead atoms. The van der Waals surface area contributed by atoms with Crippen molar-refractivity contribution in [3.8, 4) is 0 Å². The van der Waals surface area contributed by atoms with Crippen LogP contribution in [0.2, 0.25) is 0 Å². The second-order valence-electron chi connectivity index (χ2n) is 12.6. The Morgan fingerprint density at radius 3 is 2.57 bits per heavy atom. The summed E-state index contributed by atoms with van der Waals surface area (Å²) >= 11 is 0. The van der Waals surface area contributed by atoms with Crippen molar-refractivity contribution in [3.63, 3.8) is 0 Å². The van der Waals surface area contributed by atoms with E-state index in [1.807, 2.05) is 25.1 Å². The number of aliphatic carboxylic acids is 1. The molecule has 2 fully saturated rings. The van der Waals surface area contributed by atoms with Crippen molar-refractivity contribution < 1.29 is 43.3 Å². The highest BCUT2D eigenvalue weighted by molar-refractivity contribution is 6.38. The van der Waals surface area contributed by atoms with E-state index in [1.54, 1.807) is 24.8 Å². The van der Waals surface area contributed by atoms with Crippen molar-refractivity contribution in [2.24, 2.45) is 5.41 Å². The molecule has 2 amide bonds. The molecule has 254 valence electrons. The minimum absolute atomic E-state index is 0.131. The van der Waals surface area contributed by atoms with Crippen LogP contribution in [-0.4, -0.2) is 103 Å². The number of ether oxygens (including phenoxy) is 3. The van der Waals surface area contributed by atoms with Crippen molar-refractivity contribution in [2.75, 3.05) is 51.3 Å². The zero-order valence-electron chi connectivity index (χ0n) is 27.3. The number of carbonyl (C=O) groups is 5. The first-order valence-corrected chi connectivity index (χ1v) is 16.1. The number of esters is 1. The van der Waals surface area contributed by atoms with Gasteiger partial charge in [0.05, 0.1) is 43.3 Å². The van der Waals surface area contributed by atoms with Crippen LogP contribution in [0.25, 0.3) is 0 Å². The van der Waals surface area contributed by atoms with Gasteiger partial charge in [-0.3, -0.25) is 24.1 Å². The predicted octanol–water partition coefficient (Wildman–Crippen LogP) is 3.75. The fraction of sp³-hybridized carbons (Fsp3) is 0.618. The van der Waals surface area contributed by atoms with E-state index in [9.17, 15) is 24.0 Å². The molecule has 2 saturated heterocycles. The van der Waals surface area contributed by atoms with Crippen LogP contribution in [0.3, 0.4) is 0 Å². The van der Waals surface area contributed by atoms with E-state index in [2.05, 4.69) is 16.8 Å². The van der Waals surface area contributed by atoms with Crippen LogP contribution in [0.4, 0.5) is 5.69 Å². The smallest absolute Gasteiger partial charge is 0.330 e. The monoisotopic (exact) mass is 643 g/mol. The molecule has 12 nitrogen and oxygen atoms in total. The van der Waals surface area contributed by atoms with E-state index in [0.717, 1.165) is 50.5 Å². The Labute approximate surface area is 271 Å². The van der Waals surface area contributed by atoms with Crippen molar-refractivity contribution in [1.82, 2.24) is 9.80 Å². The van der Waals surface area contributed by atoms with Gasteiger partial charge in [0.15, 0.2) is 0 Å². The summed E-state index contributed by atoms with van der Waals surface area (Å²) in [4.78, 5) is 65.7. The maximum atomic E-state index is 13.6. The van der Waals surface area contributed by atoms with Gasteiger partial charge in [-0.25, -0.2) is 4.79 Å². The van der Waals surface area contributed by atoms with Crippen molar-refractivity contribution in [1.29, 1.82) is 0 Å². The number of carbonyl (C=O) groups excluding carboxylic acids is 4. The average molecular weight is 644 g/mol. The summed E-state index contributed by atoms with van der Waals surface area (Å²) in [6.45, 7) is 12.7. The third-order valence-corrected chi connectivity index (χ3v) is 8.43. The zero-order chi connectivity index (χ0) is 33.7. The maximum absolute atomic E-state index is 13.6. The van der Waals surface area contributed by atoms with Crippen LogP contribution in [0.1, 0.15) is 77.4 Å². The van der Waals surface area contributed by atoms with Crippen LogP contribution in [0.15, 0.2) is 36.9 Å². The largest absolute Gasteiger partial charge is 0.481 e. The molecule has 12 heteroatoms. The fourth-order valence-corrected chi connectivity index (χ4v) is 5.74. The quantitative estimate of drug-likeness (QED) is 0.146. The highest BCUT2D eigenvalue weighted by Gasteiger charge is 2.41. The topological polar surface area (TPSA) is 152 Å². The second-order valence-corrected chi connectivity index (χ2v) is 12.6. The van der Waals surface area contributed by atoms with Crippen molar-refractivity contribution in [3.05, 3.63) is 42.5 Å². The van der Waals surface area contributed by atoms with Gasteiger partial charge in [-0.05, 0) is 77.1 Å². The van der Waals surface area contributed by atoms with Crippen molar-refractivity contribution in [2.45, 2.75) is 84.0 Å². The lowest BCUT2D eigenvalue weighted by Crippen LogP contribution is -2.54. The van der Waals surface area contributed by atoms with Gasteiger partial charge in [-0.15, -0.1) is 0 Å². The summed E-state index contributed by atoms with van der Waals surface area (Å²) in [5, 5.41) is 11.7. The molecule has 2 aliphatic heterocycles. The summed E-state index contributed by atoms with van der Waals surface area (Å²) < 4.78 is 17.3. The standard InChI is InChI=1S/C34H49N3O9/c1-5-31(41)45-23-34(3,4)32(42)33(43)37-17-7-6-12-27(37)24(2)46-28(13-9-16-36-18-20-44-21-19-36)25-10-8-11-26(22-25)35-29(38)14-15-30(39)40/h5,8,10-11,22,24,27-28H,1,6-7,9,12-21,23H2,2-4H3,(H,35,38)(H,39,40)/t24?,27-,28+/m0/s1. The number of nitrogens with zero attached hydrogens (tertiary/aromatic N) is 2. The van der Waals surface area contributed by atoms with Gasteiger partial charge >= 0.3 is 11.9 Å². The molecule has 2 heterocycles. The van der Waals surface area contributed by atoms with E-state index in [4.69, 9.17) is 19.3 Å². The summed E-state index contributed by atoms with van der Waals surface area (Å²) in [6, 6.07) is 7.00. The molecule has 3 rings (SSSR count). The van der Waals surface area contributed by atoms with Crippen molar-refractivity contribution >= 4 is 35.2 Å². The SMILES string of the molecule is C=CC(=O)OCC(C)(C)C(=O)C(=O)N1CCCC[C@H]1C(C)O[C@H](CCCN1CCOCC1)c1cccc(NC(=O)CCC(=O)O)c1. The fourth-order valence-electron chi connectivity index (χ4n) is 5.74. The highest BCUT2D eigenvalue weighted by atomic mass is 16.5. The first-order chi connectivity index (χ1) is 21.9. The molecule has 1 aromatic carbocycles. The minimum Gasteiger partial charge on any atom is -0.481 e. The van der Waals surface area contributed by atoms with E-state index < -0.39 is 35.1 Å². The lowest BCUT2D eigenvalue weighted by molar-refractivity contribution is -0.158. The molecule has 0 spiro atoms. The van der Waals surface area contributed by atoms with Crippen LogP contribution in [0, 0.1) is 5.41 Å². The predicted molar refractivity (Wildman–Crippen MR) is 171 cm³/mol. The van der Waals surface area contributed by atoms with Crippen LogP contribution >= 0.6 is 0 Å². The molecule has 2 N–H and O–H groups in total. The van der Waals surface area contributed by atoms with E-state index in [1.165, 1.54) is 0 Å². The summed E-state index contributed by atoms with van der Waals surface area (Å²) in [5.41, 5.74) is 0.181. The number of benzene rings is 1. The number of hydrogen-bond donors (Lipinski definition) is 2. The Hall–Kier alpha value is -3.61. The van der Waals surface area contributed by atoms with Gasteiger partial charge in [0.1, 0.15) is 6.61 Å². The van der Waals surface area contributed by atoms with E-state index in [0.29, 0.717) is 38.3 Å². The number of likely N-dealkylation sites (tertiary alicyclic amines) is 1. The van der Waals surface area contributed by atoms with Gasteiger partial charge in [0, 0.05) is 37.8 Å². The molecule has 0 aromatic heterocycles. The number of carboxylic acid groups (broad SMARTS) is 1. The van der Waals surface area contributed by atoms with E-state index in [-0.39, 0.29) is 37.5 Å². The summed E-state index contributed by atoms with van der Waals surface area (Å²) in [7, 11) is 0. The number of morpholine rings is 1. The number of carboxylic acids is 1. The molecule has 46 heavy (non-hydrogen) atoms. The number of ketones is 1. The molecule has 0 radical (unpaired) electrons. The molecule has 1 aromatic rings. The van der Waals surface area contributed by atoms with Crippen LogP contribution in [-0.2, 0) is 38.2 Å². The minimum atomic E-state index is -1.21. The Morgan fingerprint density at radius 2 is 1.87 bits per heavy atom. The molecule has 2 aliphatic rings. The number of nitrogens with one attached hydrogen (secondary N) is 1. The number of anilines is 1. The van der Waals surface area contributed by atoms with Crippen LogP contribution < -0.4 is 5.32 Å². The first-order valence-electron chi connectivity index (χ1n) is 16.1. The summed E-state index contributed by atoms with van der Waals surface area (Å²) in [6.07, 6.45) is 3.69. The van der Waals surface area contributed by atoms with Gasteiger partial charge in [0.25, 0.3) is 5.91 Å². The third-order valence-electron chi connectivity index (χ3n) is 8.43. The summed E-state index contributed by atoms with van der Waals surface area (Å²) in [5.74, 6) is -3.33. The molecular formula is C34H49N3O9. The number of hydrogen-bond acceptors (Lipinski definition) is 9. The lowest BCUT2D eigenvalue weighted by atomic mass is 9.87. The Kier molecular flexibility index (Phi) is 14.4. The average Bonchev–Trinajstić information content (AvgIpc) is 3.05. The second kappa shape index (κ2) is 17.9. The number of Topliss-reactive ketones (excluding diaryl/α,β-unsaturated/α-hetero) is 1. The van der Waals surface area contributed by atoms with E-state index >= 15 is 0 Å². The first kappa shape index (κ1) is 36.9. The number of amides is 2. The van der Waals surface area contributed by atoms with Gasteiger partial charge in [0.2, 0.25) is 11.7 Å². The molecule has 1 unspecified atom stereocenters.